The van der Waals surface area contributed by atoms with Gasteiger partial charge in [0.05, 0.1) is 0 Å². The first-order valence-corrected chi connectivity index (χ1v) is 5.05. The van der Waals surface area contributed by atoms with E-state index >= 15 is 0 Å². The maximum absolute atomic E-state index is 5.72. The van der Waals surface area contributed by atoms with E-state index in [9.17, 15) is 0 Å². The van der Waals surface area contributed by atoms with Crippen molar-refractivity contribution in [2.45, 2.75) is 39.7 Å². The lowest BCUT2D eigenvalue weighted by atomic mass is 9.88. The van der Waals surface area contributed by atoms with Crippen LogP contribution in [0.4, 0.5) is 0 Å². The van der Waals surface area contributed by atoms with Gasteiger partial charge in [0.25, 0.3) is 0 Å². The summed E-state index contributed by atoms with van der Waals surface area (Å²) < 4.78 is 0. The number of nitrogens with two attached hydrogens (primary N) is 1. The molecular formula is C10H22N2. The normalized spacial score (nSPS) is 33.0. The van der Waals surface area contributed by atoms with Crippen LogP contribution in [0.3, 0.4) is 0 Å². The van der Waals surface area contributed by atoms with Gasteiger partial charge in [0, 0.05) is 12.6 Å². The van der Waals surface area contributed by atoms with Gasteiger partial charge in [-0.2, -0.15) is 0 Å². The van der Waals surface area contributed by atoms with Crippen LogP contribution in [0.5, 0.6) is 0 Å². The second-order valence-corrected chi connectivity index (χ2v) is 4.57. The average Bonchev–Trinajstić information content (AvgIpc) is 2.78. The molecule has 0 radical (unpaired) electrons. The van der Waals surface area contributed by atoms with Gasteiger partial charge in [-0.05, 0) is 30.7 Å². The monoisotopic (exact) mass is 170 g/mol. The number of nitrogens with one attached hydrogen (secondary N) is 1. The molecule has 0 aliphatic heterocycles. The van der Waals surface area contributed by atoms with E-state index in [0.717, 1.165) is 31.5 Å². The van der Waals surface area contributed by atoms with Crippen molar-refractivity contribution in [3.8, 4) is 0 Å². The van der Waals surface area contributed by atoms with Crippen LogP contribution in [-0.4, -0.2) is 19.1 Å². The van der Waals surface area contributed by atoms with Crippen LogP contribution in [0.15, 0.2) is 0 Å². The lowest BCUT2D eigenvalue weighted by Gasteiger charge is -2.26. The van der Waals surface area contributed by atoms with Crippen molar-refractivity contribution in [2.24, 2.45) is 17.1 Å². The molecule has 3 unspecified atom stereocenters. The van der Waals surface area contributed by atoms with E-state index in [1.165, 1.54) is 6.42 Å². The fraction of sp³-hybridized carbons (Fsp3) is 1.00. The Balaban J connectivity index is 2.19. The molecule has 3 N–H and O–H groups in total. The van der Waals surface area contributed by atoms with Gasteiger partial charge in [-0.25, -0.2) is 0 Å². The summed E-state index contributed by atoms with van der Waals surface area (Å²) in [5.74, 6) is 0.892. The summed E-state index contributed by atoms with van der Waals surface area (Å²) >= 11 is 0. The Morgan fingerprint density at radius 3 is 2.50 bits per heavy atom. The summed E-state index contributed by atoms with van der Waals surface area (Å²) in [6.45, 7) is 8.63. The summed E-state index contributed by atoms with van der Waals surface area (Å²) in [6.07, 6.45) is 2.52. The van der Waals surface area contributed by atoms with Crippen LogP contribution in [0.25, 0.3) is 0 Å². The SMILES string of the molecule is CCC(C)(CN)CNC1CC1C. The standard InChI is InChI=1S/C10H22N2/c1-4-10(3,6-11)7-12-9-5-8(9)2/h8-9,12H,4-7,11H2,1-3H3. The molecule has 12 heavy (non-hydrogen) atoms. The first-order chi connectivity index (χ1) is 5.61. The predicted molar refractivity (Wildman–Crippen MR) is 53.0 cm³/mol. The highest BCUT2D eigenvalue weighted by Gasteiger charge is 2.33. The Labute approximate surface area is 75.9 Å². The van der Waals surface area contributed by atoms with Gasteiger partial charge in [-0.3, -0.25) is 0 Å². The van der Waals surface area contributed by atoms with Crippen LogP contribution in [0.1, 0.15) is 33.6 Å². The molecule has 1 fully saturated rings. The molecule has 0 aromatic rings. The summed E-state index contributed by atoms with van der Waals surface area (Å²) in [5.41, 5.74) is 6.03. The van der Waals surface area contributed by atoms with Gasteiger partial charge in [0.15, 0.2) is 0 Å². The Kier molecular flexibility index (Phi) is 3.13. The third-order valence-electron chi connectivity index (χ3n) is 3.25. The van der Waals surface area contributed by atoms with E-state index in [-0.39, 0.29) is 0 Å². The second-order valence-electron chi connectivity index (χ2n) is 4.57. The van der Waals surface area contributed by atoms with Crippen molar-refractivity contribution >= 4 is 0 Å². The average molecular weight is 170 g/mol. The summed E-state index contributed by atoms with van der Waals surface area (Å²) in [6, 6.07) is 0.780. The molecule has 3 atom stereocenters. The lowest BCUT2D eigenvalue weighted by molar-refractivity contribution is 0.300. The first kappa shape index (κ1) is 10.0. The predicted octanol–water partition coefficient (Wildman–Crippen LogP) is 1.36. The molecule has 0 amide bonds. The topological polar surface area (TPSA) is 38.0 Å². The van der Waals surface area contributed by atoms with E-state index in [1.807, 2.05) is 0 Å². The van der Waals surface area contributed by atoms with Crippen LogP contribution >= 0.6 is 0 Å². The minimum absolute atomic E-state index is 0.308. The molecule has 0 saturated heterocycles. The summed E-state index contributed by atoms with van der Waals surface area (Å²) in [5, 5.41) is 3.57. The van der Waals surface area contributed by atoms with Gasteiger partial charge >= 0.3 is 0 Å². The number of hydrogen-bond acceptors (Lipinski definition) is 2. The smallest absolute Gasteiger partial charge is 0.00966 e. The quantitative estimate of drug-likeness (QED) is 0.654. The molecule has 0 aromatic carbocycles. The van der Waals surface area contributed by atoms with Crippen molar-refractivity contribution in [3.63, 3.8) is 0 Å². The lowest BCUT2D eigenvalue weighted by Crippen LogP contribution is -2.38. The van der Waals surface area contributed by atoms with Gasteiger partial charge < -0.3 is 11.1 Å². The Morgan fingerprint density at radius 2 is 2.17 bits per heavy atom. The highest BCUT2D eigenvalue weighted by atomic mass is 15.0. The molecule has 1 aliphatic rings. The fourth-order valence-electron chi connectivity index (χ4n) is 1.33. The molecule has 2 heteroatoms. The highest BCUT2D eigenvalue weighted by molar-refractivity contribution is 4.91. The Hall–Kier alpha value is -0.0800. The zero-order valence-electron chi connectivity index (χ0n) is 8.56. The molecule has 1 saturated carbocycles. The Bertz CT molecular complexity index is 141. The van der Waals surface area contributed by atoms with Gasteiger partial charge in [0.2, 0.25) is 0 Å². The number of hydrogen-bond donors (Lipinski definition) is 2. The van der Waals surface area contributed by atoms with Gasteiger partial charge in [-0.15, -0.1) is 0 Å². The maximum Gasteiger partial charge on any atom is 0.00966 e. The van der Waals surface area contributed by atoms with Crippen molar-refractivity contribution in [3.05, 3.63) is 0 Å². The van der Waals surface area contributed by atoms with Crippen LogP contribution < -0.4 is 11.1 Å². The van der Waals surface area contributed by atoms with E-state index < -0.39 is 0 Å². The summed E-state index contributed by atoms with van der Waals surface area (Å²) in [7, 11) is 0. The summed E-state index contributed by atoms with van der Waals surface area (Å²) in [4.78, 5) is 0. The minimum atomic E-state index is 0.308. The zero-order chi connectivity index (χ0) is 9.19. The van der Waals surface area contributed by atoms with Crippen molar-refractivity contribution < 1.29 is 0 Å². The van der Waals surface area contributed by atoms with Crippen molar-refractivity contribution in [1.82, 2.24) is 5.32 Å². The van der Waals surface area contributed by atoms with Crippen LogP contribution in [0.2, 0.25) is 0 Å². The van der Waals surface area contributed by atoms with Gasteiger partial charge in [0.1, 0.15) is 0 Å². The first-order valence-electron chi connectivity index (χ1n) is 5.05. The molecule has 1 aliphatic carbocycles. The van der Waals surface area contributed by atoms with E-state index in [4.69, 9.17) is 5.73 Å². The molecule has 72 valence electrons. The third-order valence-corrected chi connectivity index (χ3v) is 3.25. The van der Waals surface area contributed by atoms with E-state index in [2.05, 4.69) is 26.1 Å². The van der Waals surface area contributed by atoms with E-state index in [1.54, 1.807) is 0 Å². The van der Waals surface area contributed by atoms with E-state index in [0.29, 0.717) is 5.41 Å². The molecule has 0 heterocycles. The molecule has 0 aromatic heterocycles. The minimum Gasteiger partial charge on any atom is -0.330 e. The van der Waals surface area contributed by atoms with Crippen LogP contribution in [0, 0.1) is 11.3 Å². The highest BCUT2D eigenvalue weighted by Crippen LogP contribution is 2.30. The molecule has 0 spiro atoms. The second kappa shape index (κ2) is 3.75. The molecule has 0 bridgehead atoms. The molecule has 1 rings (SSSR count). The van der Waals surface area contributed by atoms with Gasteiger partial charge in [-0.1, -0.05) is 20.8 Å². The molecule has 2 nitrogen and oxygen atoms in total. The Morgan fingerprint density at radius 1 is 1.58 bits per heavy atom. The molecular weight excluding hydrogens is 148 g/mol. The maximum atomic E-state index is 5.72. The third kappa shape index (κ3) is 2.46. The fourth-order valence-corrected chi connectivity index (χ4v) is 1.33. The zero-order valence-corrected chi connectivity index (χ0v) is 8.56. The number of rotatable bonds is 5. The van der Waals surface area contributed by atoms with Crippen molar-refractivity contribution in [2.75, 3.05) is 13.1 Å². The van der Waals surface area contributed by atoms with Crippen molar-refractivity contribution in [1.29, 1.82) is 0 Å². The van der Waals surface area contributed by atoms with Crippen LogP contribution in [-0.2, 0) is 0 Å². The largest absolute Gasteiger partial charge is 0.330 e.